The summed E-state index contributed by atoms with van der Waals surface area (Å²) in [4.78, 5) is 10.7. The largest absolute Gasteiger partial charge is 0.490 e. The van der Waals surface area contributed by atoms with Crippen LogP contribution < -0.4 is 4.74 Å². The van der Waals surface area contributed by atoms with Gasteiger partial charge in [-0.05, 0) is 18.6 Å². The van der Waals surface area contributed by atoms with Gasteiger partial charge in [-0.2, -0.15) is 0 Å². The van der Waals surface area contributed by atoms with Gasteiger partial charge in [-0.3, -0.25) is 4.79 Å². The van der Waals surface area contributed by atoms with Crippen LogP contribution >= 0.6 is 0 Å². The summed E-state index contributed by atoms with van der Waals surface area (Å²) in [7, 11) is 0. The monoisotopic (exact) mass is 212 g/mol. The molecule has 0 spiro atoms. The smallest absolute Gasteiger partial charge is 0.309 e. The summed E-state index contributed by atoms with van der Waals surface area (Å²) < 4.78 is 18.2. The number of aliphatic carboxylic acids is 1. The van der Waals surface area contributed by atoms with E-state index in [0.29, 0.717) is 6.42 Å². The van der Waals surface area contributed by atoms with E-state index in [0.717, 1.165) is 0 Å². The fraction of sp³-hybridized carbons (Fsp3) is 0.364. The number of rotatable bonds is 5. The van der Waals surface area contributed by atoms with Gasteiger partial charge < -0.3 is 9.84 Å². The molecule has 1 N–H and O–H groups in total. The third-order valence-electron chi connectivity index (χ3n) is 2.12. The molecule has 0 aromatic heterocycles. The first-order valence-electron chi connectivity index (χ1n) is 4.75. The van der Waals surface area contributed by atoms with Crippen molar-refractivity contribution < 1.29 is 19.0 Å². The topological polar surface area (TPSA) is 46.5 Å². The molecule has 0 amide bonds. The van der Waals surface area contributed by atoms with Crippen LogP contribution in [-0.2, 0) is 4.79 Å². The van der Waals surface area contributed by atoms with Gasteiger partial charge in [0.15, 0.2) is 11.6 Å². The Labute approximate surface area is 87.5 Å². The first kappa shape index (κ1) is 11.5. The van der Waals surface area contributed by atoms with E-state index in [-0.39, 0.29) is 12.4 Å². The van der Waals surface area contributed by atoms with Gasteiger partial charge in [0.1, 0.15) is 6.61 Å². The van der Waals surface area contributed by atoms with Crippen molar-refractivity contribution in [1.82, 2.24) is 0 Å². The highest BCUT2D eigenvalue weighted by molar-refractivity contribution is 5.70. The average molecular weight is 212 g/mol. The molecule has 0 aliphatic heterocycles. The summed E-state index contributed by atoms with van der Waals surface area (Å²) in [5, 5.41) is 8.75. The predicted molar refractivity (Wildman–Crippen MR) is 53.3 cm³/mol. The molecule has 0 saturated heterocycles. The molecule has 0 aliphatic rings. The SMILES string of the molecule is CCC(COc1ccccc1F)C(=O)O. The van der Waals surface area contributed by atoms with Gasteiger partial charge in [-0.15, -0.1) is 0 Å². The van der Waals surface area contributed by atoms with Gasteiger partial charge in [0, 0.05) is 0 Å². The minimum Gasteiger partial charge on any atom is -0.490 e. The van der Waals surface area contributed by atoms with Crippen molar-refractivity contribution in [1.29, 1.82) is 0 Å². The van der Waals surface area contributed by atoms with Crippen LogP contribution in [0.1, 0.15) is 13.3 Å². The summed E-state index contributed by atoms with van der Waals surface area (Å²) in [5.74, 6) is -1.90. The molecule has 1 atom stereocenters. The highest BCUT2D eigenvalue weighted by atomic mass is 19.1. The lowest BCUT2D eigenvalue weighted by Crippen LogP contribution is -2.20. The number of ether oxygens (including phenoxy) is 1. The summed E-state index contributed by atoms with van der Waals surface area (Å²) in [6, 6.07) is 5.94. The first-order valence-corrected chi connectivity index (χ1v) is 4.75. The van der Waals surface area contributed by atoms with Crippen molar-refractivity contribution in [3.63, 3.8) is 0 Å². The Morgan fingerprint density at radius 1 is 1.53 bits per heavy atom. The number of hydrogen-bond donors (Lipinski definition) is 1. The minimum atomic E-state index is -0.922. The fourth-order valence-corrected chi connectivity index (χ4v) is 1.12. The van der Waals surface area contributed by atoms with E-state index < -0.39 is 17.7 Å². The number of carbonyl (C=O) groups is 1. The van der Waals surface area contributed by atoms with Crippen molar-refractivity contribution in [2.24, 2.45) is 5.92 Å². The van der Waals surface area contributed by atoms with E-state index in [9.17, 15) is 9.18 Å². The number of para-hydroxylation sites is 1. The first-order chi connectivity index (χ1) is 7.15. The van der Waals surface area contributed by atoms with Crippen LogP contribution in [0, 0.1) is 11.7 Å². The lowest BCUT2D eigenvalue weighted by atomic mass is 10.1. The number of carboxylic acid groups (broad SMARTS) is 1. The molecule has 0 radical (unpaired) electrons. The van der Waals surface area contributed by atoms with Gasteiger partial charge >= 0.3 is 5.97 Å². The molecule has 0 bridgehead atoms. The maximum absolute atomic E-state index is 13.1. The molecule has 0 aliphatic carbocycles. The Balaban J connectivity index is 2.56. The van der Waals surface area contributed by atoms with Crippen molar-refractivity contribution in [2.45, 2.75) is 13.3 Å². The zero-order valence-electron chi connectivity index (χ0n) is 8.44. The van der Waals surface area contributed by atoms with E-state index in [1.165, 1.54) is 12.1 Å². The summed E-state index contributed by atoms with van der Waals surface area (Å²) >= 11 is 0. The summed E-state index contributed by atoms with van der Waals surface area (Å²) in [5.41, 5.74) is 0. The molecule has 0 fully saturated rings. The standard InChI is InChI=1S/C11H13FO3/c1-2-8(11(13)14)7-15-10-6-4-3-5-9(10)12/h3-6,8H,2,7H2,1H3,(H,13,14). The molecule has 15 heavy (non-hydrogen) atoms. The molecule has 1 aromatic carbocycles. The van der Waals surface area contributed by atoms with E-state index in [2.05, 4.69) is 0 Å². The Morgan fingerprint density at radius 3 is 2.73 bits per heavy atom. The van der Waals surface area contributed by atoms with Crippen LogP contribution in [-0.4, -0.2) is 17.7 Å². The molecule has 4 heteroatoms. The third kappa shape index (κ3) is 3.23. The van der Waals surface area contributed by atoms with Crippen molar-refractivity contribution in [2.75, 3.05) is 6.61 Å². The zero-order valence-corrected chi connectivity index (χ0v) is 8.44. The second-order valence-corrected chi connectivity index (χ2v) is 3.18. The van der Waals surface area contributed by atoms with Gasteiger partial charge in [0.25, 0.3) is 0 Å². The van der Waals surface area contributed by atoms with E-state index >= 15 is 0 Å². The average Bonchev–Trinajstić information content (AvgIpc) is 2.21. The van der Waals surface area contributed by atoms with Gasteiger partial charge in [-0.1, -0.05) is 19.1 Å². The van der Waals surface area contributed by atoms with Crippen LogP contribution in [0.4, 0.5) is 4.39 Å². The van der Waals surface area contributed by atoms with Crippen molar-refractivity contribution >= 4 is 5.97 Å². The van der Waals surface area contributed by atoms with E-state index in [1.807, 2.05) is 0 Å². The maximum Gasteiger partial charge on any atom is 0.309 e. The molecule has 0 heterocycles. The fourth-order valence-electron chi connectivity index (χ4n) is 1.12. The van der Waals surface area contributed by atoms with Crippen LogP contribution in [0.25, 0.3) is 0 Å². The van der Waals surface area contributed by atoms with Gasteiger partial charge in [0.05, 0.1) is 5.92 Å². The predicted octanol–water partition coefficient (Wildman–Crippen LogP) is 2.32. The minimum absolute atomic E-state index is 0.00718. The highest BCUT2D eigenvalue weighted by Gasteiger charge is 2.16. The van der Waals surface area contributed by atoms with Crippen LogP contribution in [0.5, 0.6) is 5.75 Å². The maximum atomic E-state index is 13.1. The Kier molecular flexibility index (Phi) is 4.09. The van der Waals surface area contributed by atoms with Crippen molar-refractivity contribution in [3.8, 4) is 5.75 Å². The quantitative estimate of drug-likeness (QED) is 0.814. The molecular weight excluding hydrogens is 199 g/mol. The van der Waals surface area contributed by atoms with Gasteiger partial charge in [-0.25, -0.2) is 4.39 Å². The van der Waals surface area contributed by atoms with Crippen molar-refractivity contribution in [3.05, 3.63) is 30.1 Å². The second kappa shape index (κ2) is 5.34. The Hall–Kier alpha value is -1.58. The molecule has 82 valence electrons. The lowest BCUT2D eigenvalue weighted by Gasteiger charge is -2.11. The van der Waals surface area contributed by atoms with E-state index in [1.54, 1.807) is 19.1 Å². The number of halogens is 1. The molecular formula is C11H13FO3. The third-order valence-corrected chi connectivity index (χ3v) is 2.12. The molecule has 3 nitrogen and oxygen atoms in total. The highest BCUT2D eigenvalue weighted by Crippen LogP contribution is 2.16. The summed E-state index contributed by atoms with van der Waals surface area (Å²) in [6.07, 6.45) is 0.462. The van der Waals surface area contributed by atoms with Gasteiger partial charge in [0.2, 0.25) is 0 Å². The molecule has 1 unspecified atom stereocenters. The summed E-state index contributed by atoms with van der Waals surface area (Å²) in [6.45, 7) is 1.75. The molecule has 1 aromatic rings. The lowest BCUT2D eigenvalue weighted by molar-refractivity contribution is -0.142. The molecule has 1 rings (SSSR count). The number of hydrogen-bond acceptors (Lipinski definition) is 2. The van der Waals surface area contributed by atoms with Crippen LogP contribution in [0.2, 0.25) is 0 Å². The molecule has 0 saturated carbocycles. The Bertz CT molecular complexity index is 338. The second-order valence-electron chi connectivity index (χ2n) is 3.18. The van der Waals surface area contributed by atoms with E-state index in [4.69, 9.17) is 9.84 Å². The normalized spacial score (nSPS) is 12.1. The zero-order chi connectivity index (χ0) is 11.3. The number of carboxylic acids is 1. The number of benzene rings is 1. The van der Waals surface area contributed by atoms with Crippen LogP contribution in [0.3, 0.4) is 0 Å². The van der Waals surface area contributed by atoms with Crippen LogP contribution in [0.15, 0.2) is 24.3 Å². The Morgan fingerprint density at radius 2 is 2.20 bits per heavy atom.